The fraction of sp³-hybridized carbons (Fsp3) is 0.400. The molecule has 0 fully saturated rings. The van der Waals surface area contributed by atoms with Crippen LogP contribution in [0.3, 0.4) is 0 Å². The maximum absolute atomic E-state index is 11.2. The van der Waals surface area contributed by atoms with Crippen LogP contribution < -0.4 is 10.9 Å². The molecule has 0 saturated carbocycles. The molecule has 6 heteroatoms. The molecule has 1 aliphatic heterocycles. The van der Waals surface area contributed by atoms with Crippen molar-refractivity contribution >= 4 is 10.2 Å². The monoisotopic (exact) mass is 241 g/mol. The molecule has 0 atom stereocenters. The highest BCUT2D eigenvalue weighted by molar-refractivity contribution is 7.86. The lowest BCUT2D eigenvalue weighted by Crippen LogP contribution is -2.40. The first-order chi connectivity index (χ1) is 7.50. The van der Waals surface area contributed by atoms with E-state index in [-0.39, 0.29) is 0 Å². The van der Waals surface area contributed by atoms with Crippen molar-refractivity contribution in [1.82, 2.24) is 4.31 Å². The van der Waals surface area contributed by atoms with E-state index in [0.29, 0.717) is 26.1 Å². The van der Waals surface area contributed by atoms with E-state index in [9.17, 15) is 8.42 Å². The maximum Gasteiger partial charge on any atom is 0.277 e. The van der Waals surface area contributed by atoms with Crippen molar-refractivity contribution < 1.29 is 8.42 Å². The van der Waals surface area contributed by atoms with E-state index < -0.39 is 10.2 Å². The number of benzene rings is 1. The van der Waals surface area contributed by atoms with E-state index in [1.54, 1.807) is 0 Å². The van der Waals surface area contributed by atoms with Gasteiger partial charge in [0.25, 0.3) is 10.2 Å². The van der Waals surface area contributed by atoms with Crippen LogP contribution in [-0.2, 0) is 29.7 Å². The summed E-state index contributed by atoms with van der Waals surface area (Å²) in [4.78, 5) is 0. The Morgan fingerprint density at radius 3 is 2.69 bits per heavy atom. The molecule has 1 aromatic rings. The van der Waals surface area contributed by atoms with E-state index in [4.69, 9.17) is 10.9 Å². The molecule has 16 heavy (non-hydrogen) atoms. The average Bonchev–Trinajstić information content (AvgIpc) is 2.26. The van der Waals surface area contributed by atoms with E-state index >= 15 is 0 Å². The third kappa shape index (κ3) is 2.25. The van der Waals surface area contributed by atoms with Crippen molar-refractivity contribution in [3.8, 4) is 0 Å². The summed E-state index contributed by atoms with van der Waals surface area (Å²) in [6.07, 6.45) is 0.705. The van der Waals surface area contributed by atoms with Gasteiger partial charge in [0.1, 0.15) is 0 Å². The van der Waals surface area contributed by atoms with Gasteiger partial charge in [0.15, 0.2) is 0 Å². The van der Waals surface area contributed by atoms with Gasteiger partial charge in [0, 0.05) is 19.6 Å². The van der Waals surface area contributed by atoms with Crippen LogP contribution in [0.1, 0.15) is 16.7 Å². The molecule has 1 aromatic carbocycles. The van der Waals surface area contributed by atoms with Gasteiger partial charge in [-0.2, -0.15) is 12.7 Å². The highest BCUT2D eigenvalue weighted by Crippen LogP contribution is 2.21. The summed E-state index contributed by atoms with van der Waals surface area (Å²) in [5.74, 6) is 0. The molecule has 2 rings (SSSR count). The molecule has 0 unspecified atom stereocenters. The van der Waals surface area contributed by atoms with Gasteiger partial charge in [-0.15, -0.1) is 0 Å². The Hall–Kier alpha value is -0.950. The van der Waals surface area contributed by atoms with Gasteiger partial charge in [-0.1, -0.05) is 18.2 Å². The van der Waals surface area contributed by atoms with Gasteiger partial charge in [-0.25, -0.2) is 5.14 Å². The zero-order chi connectivity index (χ0) is 11.8. The molecule has 0 spiro atoms. The molecular weight excluding hydrogens is 226 g/mol. The molecule has 1 heterocycles. The number of nitrogens with two attached hydrogens (primary N) is 2. The average molecular weight is 241 g/mol. The molecule has 4 N–H and O–H groups in total. The van der Waals surface area contributed by atoms with Crippen LogP contribution in [0.2, 0.25) is 0 Å². The van der Waals surface area contributed by atoms with E-state index in [1.807, 2.05) is 18.2 Å². The van der Waals surface area contributed by atoms with Crippen LogP contribution in [0.25, 0.3) is 0 Å². The van der Waals surface area contributed by atoms with Crippen LogP contribution in [0.5, 0.6) is 0 Å². The second kappa shape index (κ2) is 4.14. The molecule has 0 radical (unpaired) electrons. The number of hydrogen-bond acceptors (Lipinski definition) is 3. The van der Waals surface area contributed by atoms with E-state index in [2.05, 4.69) is 0 Å². The SMILES string of the molecule is NCc1ccc2c(c1)CN(S(N)(=O)=O)CC2. The van der Waals surface area contributed by atoms with E-state index in [1.165, 1.54) is 9.87 Å². The Bertz CT molecular complexity index is 499. The first-order valence-electron chi connectivity index (χ1n) is 5.09. The molecule has 0 aliphatic carbocycles. The number of rotatable bonds is 2. The number of hydrogen-bond donors (Lipinski definition) is 2. The van der Waals surface area contributed by atoms with E-state index in [0.717, 1.165) is 11.1 Å². The normalized spacial score (nSPS) is 17.1. The predicted octanol–water partition coefficient (Wildman–Crippen LogP) is -0.293. The minimum absolute atomic E-state index is 0.349. The summed E-state index contributed by atoms with van der Waals surface area (Å²) in [6, 6.07) is 5.94. The lowest BCUT2D eigenvalue weighted by molar-refractivity contribution is 0.392. The molecule has 0 aromatic heterocycles. The summed E-state index contributed by atoms with van der Waals surface area (Å²) in [5, 5.41) is 5.11. The van der Waals surface area contributed by atoms with Gasteiger partial charge >= 0.3 is 0 Å². The Morgan fingerprint density at radius 2 is 2.06 bits per heavy atom. The van der Waals surface area contributed by atoms with Gasteiger partial charge in [-0.3, -0.25) is 0 Å². The second-order valence-corrected chi connectivity index (χ2v) is 5.48. The molecule has 5 nitrogen and oxygen atoms in total. The smallest absolute Gasteiger partial charge is 0.277 e. The zero-order valence-electron chi connectivity index (χ0n) is 8.89. The first kappa shape index (κ1) is 11.5. The molecule has 0 saturated heterocycles. The van der Waals surface area contributed by atoms with Crippen LogP contribution in [0.15, 0.2) is 18.2 Å². The van der Waals surface area contributed by atoms with Crippen LogP contribution in [-0.4, -0.2) is 19.3 Å². The van der Waals surface area contributed by atoms with Crippen LogP contribution >= 0.6 is 0 Å². The number of nitrogens with zero attached hydrogens (tertiary/aromatic N) is 1. The minimum atomic E-state index is -3.59. The minimum Gasteiger partial charge on any atom is -0.326 e. The molecule has 1 aliphatic rings. The van der Waals surface area contributed by atoms with Crippen molar-refractivity contribution in [2.45, 2.75) is 19.5 Å². The molecule has 0 amide bonds. The molecular formula is C10H15N3O2S. The third-order valence-corrected chi connectivity index (χ3v) is 3.87. The number of fused-ring (bicyclic) bond motifs is 1. The van der Waals surface area contributed by atoms with Crippen molar-refractivity contribution in [2.24, 2.45) is 10.9 Å². The third-order valence-electron chi connectivity index (χ3n) is 2.84. The van der Waals surface area contributed by atoms with Crippen LogP contribution in [0, 0.1) is 0 Å². The summed E-state index contributed by atoms with van der Waals surface area (Å²) < 4.78 is 23.7. The van der Waals surface area contributed by atoms with Crippen LogP contribution in [0.4, 0.5) is 0 Å². The fourth-order valence-corrected chi connectivity index (χ4v) is 2.59. The zero-order valence-corrected chi connectivity index (χ0v) is 9.70. The van der Waals surface area contributed by atoms with Gasteiger partial charge in [0.2, 0.25) is 0 Å². The highest BCUT2D eigenvalue weighted by atomic mass is 32.2. The summed E-state index contributed by atoms with van der Waals surface area (Å²) >= 11 is 0. The molecule has 88 valence electrons. The Morgan fingerprint density at radius 1 is 1.31 bits per heavy atom. The lowest BCUT2D eigenvalue weighted by atomic mass is 9.99. The lowest BCUT2D eigenvalue weighted by Gasteiger charge is -2.26. The summed E-state index contributed by atoms with van der Waals surface area (Å²) in [5.41, 5.74) is 8.74. The standard InChI is InChI=1S/C10H15N3O2S/c11-6-8-1-2-9-3-4-13(16(12,14)15)7-10(9)5-8/h1-2,5H,3-4,6-7,11H2,(H2,12,14,15). The predicted molar refractivity (Wildman–Crippen MR) is 61.6 cm³/mol. The van der Waals surface area contributed by atoms with Crippen molar-refractivity contribution in [3.63, 3.8) is 0 Å². The Labute approximate surface area is 95.2 Å². The summed E-state index contributed by atoms with van der Waals surface area (Å²) in [7, 11) is -3.59. The topological polar surface area (TPSA) is 89.4 Å². The second-order valence-electron chi connectivity index (χ2n) is 3.94. The quantitative estimate of drug-likeness (QED) is 0.745. The molecule has 0 bridgehead atoms. The van der Waals surface area contributed by atoms with Gasteiger partial charge in [-0.05, 0) is 23.1 Å². The fourth-order valence-electron chi connectivity index (χ4n) is 1.93. The first-order valence-corrected chi connectivity index (χ1v) is 6.59. The van der Waals surface area contributed by atoms with Gasteiger partial charge < -0.3 is 5.73 Å². The van der Waals surface area contributed by atoms with Crippen molar-refractivity contribution in [1.29, 1.82) is 0 Å². The maximum atomic E-state index is 11.2. The largest absolute Gasteiger partial charge is 0.326 e. The van der Waals surface area contributed by atoms with Crippen molar-refractivity contribution in [3.05, 3.63) is 34.9 Å². The van der Waals surface area contributed by atoms with Gasteiger partial charge in [0.05, 0.1) is 0 Å². The Kier molecular flexibility index (Phi) is 2.98. The summed E-state index contributed by atoms with van der Waals surface area (Å²) in [6.45, 7) is 1.26. The highest BCUT2D eigenvalue weighted by Gasteiger charge is 2.23. The Balaban J connectivity index is 2.32. The van der Waals surface area contributed by atoms with Crippen molar-refractivity contribution in [2.75, 3.05) is 6.54 Å².